The summed E-state index contributed by atoms with van der Waals surface area (Å²) in [5.41, 5.74) is 3.61. The van der Waals surface area contributed by atoms with Gasteiger partial charge in [-0.05, 0) is 72.8 Å². The fraction of sp³-hybridized carbons (Fsp3) is 0.393. The molecule has 7 atom stereocenters. The summed E-state index contributed by atoms with van der Waals surface area (Å²) in [6.45, 7) is 3.95. The van der Waals surface area contributed by atoms with Crippen molar-refractivity contribution >= 4 is 39.3 Å². The lowest BCUT2D eigenvalue weighted by Crippen LogP contribution is -2.49. The minimum atomic E-state index is -0.882. The van der Waals surface area contributed by atoms with E-state index in [1.165, 1.54) is 4.90 Å². The van der Waals surface area contributed by atoms with Crippen molar-refractivity contribution in [2.45, 2.75) is 32.7 Å². The van der Waals surface area contributed by atoms with Gasteiger partial charge in [0.25, 0.3) is 0 Å². The normalized spacial score (nSPS) is 31.3. The van der Waals surface area contributed by atoms with Gasteiger partial charge in [-0.2, -0.15) is 0 Å². The third-order valence-electron chi connectivity index (χ3n) is 8.56. The Labute approximate surface area is 207 Å². The Hall–Kier alpha value is -2.73. The summed E-state index contributed by atoms with van der Waals surface area (Å²) in [6.07, 6.45) is 5.74. The zero-order valence-corrected chi connectivity index (χ0v) is 20.8. The van der Waals surface area contributed by atoms with Crippen LogP contribution in [0.1, 0.15) is 23.1 Å². The highest BCUT2D eigenvalue weighted by Crippen LogP contribution is 2.65. The molecular formula is C28H27BrN2O3. The summed E-state index contributed by atoms with van der Waals surface area (Å²) >= 11 is 3.53. The van der Waals surface area contributed by atoms with Crippen molar-refractivity contribution in [3.05, 3.63) is 75.8 Å². The van der Waals surface area contributed by atoms with Crippen LogP contribution in [0.15, 0.2) is 59.1 Å². The molecule has 174 valence electrons. The number of carbonyl (C=O) groups is 3. The number of allylic oxidation sites excluding steroid dienone is 2. The molecule has 5 nitrogen and oxygen atoms in total. The van der Waals surface area contributed by atoms with Crippen molar-refractivity contribution in [3.63, 3.8) is 0 Å². The van der Waals surface area contributed by atoms with E-state index in [0.29, 0.717) is 23.9 Å². The molecule has 2 bridgehead atoms. The van der Waals surface area contributed by atoms with Crippen molar-refractivity contribution in [1.29, 1.82) is 0 Å². The standard InChI is InChI=1S/C28H27BrN2O3/c1-14-15(2)22(11-10-21(14)29)30-26(32)23(12-16-6-4-3-5-7-16)31-27(33)24-17-8-9-18(20-13-19(17)20)25(24)28(31)34/h3-11,17-20,23-25H,12-13H2,1-2H3,(H,30,32)/t17-,18-,19-,20+,23-,24-,25+/m0/s1. The highest BCUT2D eigenvalue weighted by Gasteiger charge is 2.67. The molecule has 0 unspecified atom stereocenters. The van der Waals surface area contributed by atoms with Crippen molar-refractivity contribution in [2.24, 2.45) is 35.5 Å². The van der Waals surface area contributed by atoms with Gasteiger partial charge in [-0.25, -0.2) is 0 Å². The monoisotopic (exact) mass is 518 g/mol. The molecule has 3 fully saturated rings. The Balaban J connectivity index is 1.34. The Morgan fingerprint density at radius 2 is 1.59 bits per heavy atom. The van der Waals surface area contributed by atoms with Gasteiger partial charge >= 0.3 is 0 Å². The molecule has 2 saturated carbocycles. The van der Waals surface area contributed by atoms with Gasteiger partial charge in [-0.15, -0.1) is 0 Å². The first-order chi connectivity index (χ1) is 16.4. The number of nitrogens with one attached hydrogen (secondary N) is 1. The zero-order valence-electron chi connectivity index (χ0n) is 19.2. The number of rotatable bonds is 5. The minimum absolute atomic E-state index is 0.137. The van der Waals surface area contributed by atoms with E-state index in [-0.39, 0.29) is 41.4 Å². The quantitative estimate of drug-likeness (QED) is 0.462. The molecule has 0 spiro atoms. The van der Waals surface area contributed by atoms with Gasteiger partial charge in [-0.3, -0.25) is 19.3 Å². The molecule has 0 radical (unpaired) electrons. The van der Waals surface area contributed by atoms with Gasteiger partial charge in [0.2, 0.25) is 17.7 Å². The van der Waals surface area contributed by atoms with E-state index in [4.69, 9.17) is 0 Å². The summed E-state index contributed by atoms with van der Waals surface area (Å²) in [5.74, 6) is 0.0587. The molecule has 5 aliphatic rings. The first-order valence-corrected chi connectivity index (χ1v) is 12.8. The average Bonchev–Trinajstić information content (AvgIpc) is 3.62. The van der Waals surface area contributed by atoms with Gasteiger partial charge in [-0.1, -0.05) is 58.4 Å². The maximum atomic E-state index is 13.7. The Morgan fingerprint density at radius 3 is 2.21 bits per heavy atom. The number of hydrogen-bond donors (Lipinski definition) is 1. The fourth-order valence-corrected chi connectivity index (χ4v) is 6.99. The number of carbonyl (C=O) groups excluding carboxylic acids is 3. The number of nitrogens with zero attached hydrogens (tertiary/aromatic N) is 1. The average molecular weight is 519 g/mol. The van der Waals surface area contributed by atoms with Gasteiger partial charge in [0.1, 0.15) is 6.04 Å². The largest absolute Gasteiger partial charge is 0.324 e. The number of likely N-dealkylation sites (tertiary alicyclic amines) is 1. The van der Waals surface area contributed by atoms with Gasteiger partial charge in [0.05, 0.1) is 11.8 Å². The molecule has 6 heteroatoms. The number of halogens is 1. The van der Waals surface area contributed by atoms with Crippen LogP contribution in [0.25, 0.3) is 0 Å². The van der Waals surface area contributed by atoms with Crippen molar-refractivity contribution in [1.82, 2.24) is 4.90 Å². The third-order valence-corrected chi connectivity index (χ3v) is 9.42. The summed E-state index contributed by atoms with van der Waals surface area (Å²) in [6, 6.07) is 12.5. The van der Waals surface area contributed by atoms with E-state index >= 15 is 0 Å². The Morgan fingerprint density at radius 1 is 0.971 bits per heavy atom. The second-order valence-electron chi connectivity index (χ2n) is 10.2. The van der Waals surface area contributed by atoms with Crippen LogP contribution in [0.4, 0.5) is 5.69 Å². The van der Waals surface area contributed by atoms with Crippen molar-refractivity contribution in [3.8, 4) is 0 Å². The van der Waals surface area contributed by atoms with Gasteiger partial charge in [0.15, 0.2) is 0 Å². The summed E-state index contributed by atoms with van der Waals surface area (Å²) in [5, 5.41) is 3.03. The van der Waals surface area contributed by atoms with E-state index < -0.39 is 6.04 Å². The van der Waals surface area contributed by atoms with Crippen LogP contribution >= 0.6 is 15.9 Å². The second kappa shape index (κ2) is 7.91. The van der Waals surface area contributed by atoms with E-state index in [0.717, 1.165) is 27.6 Å². The topological polar surface area (TPSA) is 66.5 Å². The number of hydrogen-bond acceptors (Lipinski definition) is 3. The van der Waals surface area contributed by atoms with E-state index in [1.807, 2.05) is 56.3 Å². The van der Waals surface area contributed by atoms with Crippen LogP contribution in [-0.2, 0) is 20.8 Å². The van der Waals surface area contributed by atoms with Crippen LogP contribution in [0.2, 0.25) is 0 Å². The van der Waals surface area contributed by atoms with E-state index in [2.05, 4.69) is 33.4 Å². The highest BCUT2D eigenvalue weighted by atomic mass is 79.9. The number of anilines is 1. The molecule has 1 N–H and O–H groups in total. The van der Waals surface area contributed by atoms with Crippen LogP contribution < -0.4 is 5.32 Å². The van der Waals surface area contributed by atoms with Crippen LogP contribution in [-0.4, -0.2) is 28.7 Å². The maximum absolute atomic E-state index is 13.7. The lowest BCUT2D eigenvalue weighted by atomic mass is 9.63. The lowest BCUT2D eigenvalue weighted by molar-refractivity contribution is -0.146. The predicted molar refractivity (Wildman–Crippen MR) is 133 cm³/mol. The first-order valence-electron chi connectivity index (χ1n) is 12.0. The fourth-order valence-electron chi connectivity index (χ4n) is 6.56. The first kappa shape index (κ1) is 21.8. The van der Waals surface area contributed by atoms with Gasteiger partial charge in [0, 0.05) is 16.6 Å². The maximum Gasteiger partial charge on any atom is 0.248 e. The number of amides is 3. The molecule has 7 rings (SSSR count). The van der Waals surface area contributed by atoms with E-state index in [9.17, 15) is 14.4 Å². The number of imide groups is 1. The molecule has 1 aliphatic heterocycles. The SMILES string of the molecule is Cc1c(Br)ccc(NC(=O)[C@H](Cc2ccccc2)N2C(=O)[C@@H]3[C@H]4C=C[C@@H]([C@@H]5C[C@H]45)[C@@H]3C2=O)c1C. The smallest absolute Gasteiger partial charge is 0.248 e. The molecular weight excluding hydrogens is 492 g/mol. The molecule has 0 aromatic heterocycles. The van der Waals surface area contributed by atoms with Crippen molar-refractivity contribution in [2.75, 3.05) is 5.32 Å². The van der Waals surface area contributed by atoms with Crippen molar-refractivity contribution < 1.29 is 14.4 Å². The predicted octanol–water partition coefficient (Wildman–Crippen LogP) is 4.67. The Kier molecular flexibility index (Phi) is 5.07. The molecule has 1 heterocycles. The van der Waals surface area contributed by atoms with Gasteiger partial charge < -0.3 is 5.32 Å². The zero-order chi connectivity index (χ0) is 23.7. The molecule has 34 heavy (non-hydrogen) atoms. The van der Waals surface area contributed by atoms with E-state index in [1.54, 1.807) is 0 Å². The highest BCUT2D eigenvalue weighted by molar-refractivity contribution is 9.10. The summed E-state index contributed by atoms with van der Waals surface area (Å²) in [4.78, 5) is 42.5. The van der Waals surface area contributed by atoms with Crippen LogP contribution in [0.3, 0.4) is 0 Å². The molecule has 3 amide bonds. The third kappa shape index (κ3) is 3.22. The van der Waals surface area contributed by atoms with Crippen LogP contribution in [0, 0.1) is 49.4 Å². The van der Waals surface area contributed by atoms with Crippen LogP contribution in [0.5, 0.6) is 0 Å². The lowest BCUT2D eigenvalue weighted by Gasteiger charge is -2.37. The molecule has 2 aromatic carbocycles. The molecule has 1 saturated heterocycles. The minimum Gasteiger partial charge on any atom is -0.324 e. The summed E-state index contributed by atoms with van der Waals surface area (Å²) < 4.78 is 0.972. The summed E-state index contributed by atoms with van der Waals surface area (Å²) in [7, 11) is 0. The molecule has 4 aliphatic carbocycles. The second-order valence-corrected chi connectivity index (χ2v) is 11.1. The Bertz CT molecular complexity index is 1200. The number of benzene rings is 2. The molecule has 2 aromatic rings.